The molecule has 2 N–H and O–H groups in total. The summed E-state index contributed by atoms with van der Waals surface area (Å²) in [5, 5.41) is 12.3. The van der Waals surface area contributed by atoms with Crippen LogP contribution in [0, 0.1) is 0 Å². The van der Waals surface area contributed by atoms with Gasteiger partial charge in [0.25, 0.3) is 0 Å². The molecule has 21 heavy (non-hydrogen) atoms. The first-order chi connectivity index (χ1) is 10.3. The van der Waals surface area contributed by atoms with Crippen molar-refractivity contribution in [2.75, 3.05) is 6.61 Å². The summed E-state index contributed by atoms with van der Waals surface area (Å²) in [6, 6.07) is 18.5. The summed E-state index contributed by atoms with van der Waals surface area (Å²) in [5.74, 6) is -0.104. The van der Waals surface area contributed by atoms with Crippen LogP contribution < -0.4 is 10.1 Å². The van der Waals surface area contributed by atoms with Crippen molar-refractivity contribution in [1.29, 1.82) is 0 Å². The molecular formula is C17H19NO3. The van der Waals surface area contributed by atoms with Crippen LogP contribution in [0.3, 0.4) is 0 Å². The minimum absolute atomic E-state index is 0.364. The van der Waals surface area contributed by atoms with E-state index in [1.165, 1.54) is 0 Å². The molecule has 0 aromatic heterocycles. The van der Waals surface area contributed by atoms with Gasteiger partial charge in [-0.25, -0.2) is 0 Å². The Morgan fingerprint density at radius 1 is 1.05 bits per heavy atom. The Kier molecular flexibility index (Phi) is 5.79. The molecule has 1 unspecified atom stereocenters. The number of hydrogen-bond acceptors (Lipinski definition) is 3. The highest BCUT2D eigenvalue weighted by Gasteiger charge is 2.16. The van der Waals surface area contributed by atoms with E-state index < -0.39 is 12.0 Å². The van der Waals surface area contributed by atoms with Crippen molar-refractivity contribution in [2.24, 2.45) is 0 Å². The van der Waals surface area contributed by atoms with Crippen LogP contribution in [-0.4, -0.2) is 23.7 Å². The monoisotopic (exact) mass is 285 g/mol. The standard InChI is InChI=1S/C17H19NO3/c19-17(20)16(18-13-14-7-3-1-4-8-14)11-12-21-15-9-5-2-6-10-15/h1-10,16,18H,11-13H2,(H,19,20). The zero-order valence-electron chi connectivity index (χ0n) is 11.7. The molecule has 0 saturated carbocycles. The molecule has 0 bridgehead atoms. The second-order valence-corrected chi connectivity index (χ2v) is 4.71. The first-order valence-corrected chi connectivity index (χ1v) is 6.93. The largest absolute Gasteiger partial charge is 0.494 e. The molecule has 0 fully saturated rings. The van der Waals surface area contributed by atoms with Crippen LogP contribution in [0.5, 0.6) is 5.75 Å². The lowest BCUT2D eigenvalue weighted by molar-refractivity contribution is -0.139. The fraction of sp³-hybridized carbons (Fsp3) is 0.235. The van der Waals surface area contributed by atoms with E-state index in [0.717, 1.165) is 11.3 Å². The van der Waals surface area contributed by atoms with Gasteiger partial charge < -0.3 is 15.2 Å². The van der Waals surface area contributed by atoms with Crippen LogP contribution in [0.1, 0.15) is 12.0 Å². The molecule has 110 valence electrons. The van der Waals surface area contributed by atoms with Crippen molar-refractivity contribution in [3.8, 4) is 5.75 Å². The Hall–Kier alpha value is -2.33. The number of benzene rings is 2. The van der Waals surface area contributed by atoms with E-state index in [1.807, 2.05) is 60.7 Å². The minimum atomic E-state index is -0.859. The third-order valence-corrected chi connectivity index (χ3v) is 3.11. The first-order valence-electron chi connectivity index (χ1n) is 6.93. The second-order valence-electron chi connectivity index (χ2n) is 4.71. The number of carboxylic acids is 1. The van der Waals surface area contributed by atoms with Crippen molar-refractivity contribution >= 4 is 5.97 Å². The van der Waals surface area contributed by atoms with E-state index >= 15 is 0 Å². The van der Waals surface area contributed by atoms with Gasteiger partial charge in [0.05, 0.1) is 6.61 Å². The smallest absolute Gasteiger partial charge is 0.320 e. The Morgan fingerprint density at radius 3 is 2.29 bits per heavy atom. The van der Waals surface area contributed by atoms with Crippen LogP contribution in [0.2, 0.25) is 0 Å². The lowest BCUT2D eigenvalue weighted by atomic mass is 10.2. The normalized spacial score (nSPS) is 11.8. The molecule has 2 rings (SSSR count). The summed E-state index contributed by atoms with van der Waals surface area (Å²) in [4.78, 5) is 11.2. The van der Waals surface area contributed by atoms with E-state index in [9.17, 15) is 9.90 Å². The van der Waals surface area contributed by atoms with Crippen molar-refractivity contribution in [3.63, 3.8) is 0 Å². The van der Waals surface area contributed by atoms with Gasteiger partial charge >= 0.3 is 5.97 Å². The van der Waals surface area contributed by atoms with Gasteiger partial charge in [-0.05, 0) is 17.7 Å². The lowest BCUT2D eigenvalue weighted by Crippen LogP contribution is -2.37. The van der Waals surface area contributed by atoms with Gasteiger partial charge in [0.2, 0.25) is 0 Å². The Morgan fingerprint density at radius 2 is 1.67 bits per heavy atom. The van der Waals surface area contributed by atoms with Crippen molar-refractivity contribution in [1.82, 2.24) is 5.32 Å². The fourth-order valence-corrected chi connectivity index (χ4v) is 1.96. The third-order valence-electron chi connectivity index (χ3n) is 3.11. The molecule has 2 aromatic carbocycles. The maximum absolute atomic E-state index is 11.2. The van der Waals surface area contributed by atoms with Gasteiger partial charge in [-0.1, -0.05) is 48.5 Å². The Labute approximate surface area is 124 Å². The minimum Gasteiger partial charge on any atom is -0.494 e. The predicted octanol–water partition coefficient (Wildman–Crippen LogP) is 2.70. The summed E-state index contributed by atoms with van der Waals surface area (Å²) < 4.78 is 5.54. The number of aliphatic carboxylic acids is 1. The van der Waals surface area contributed by atoms with E-state index in [0.29, 0.717) is 19.6 Å². The quantitative estimate of drug-likeness (QED) is 0.783. The van der Waals surface area contributed by atoms with Gasteiger partial charge in [0.1, 0.15) is 11.8 Å². The van der Waals surface area contributed by atoms with Crippen molar-refractivity contribution in [2.45, 2.75) is 19.0 Å². The summed E-state index contributed by atoms with van der Waals surface area (Å²) in [6.07, 6.45) is 0.414. The summed E-state index contributed by atoms with van der Waals surface area (Å²) in [5.41, 5.74) is 1.06. The number of nitrogens with one attached hydrogen (secondary N) is 1. The first kappa shape index (κ1) is 15.1. The van der Waals surface area contributed by atoms with Gasteiger partial charge in [0.15, 0.2) is 0 Å². The number of rotatable bonds is 8. The maximum Gasteiger partial charge on any atom is 0.320 e. The number of carboxylic acid groups (broad SMARTS) is 1. The molecule has 1 atom stereocenters. The van der Waals surface area contributed by atoms with Gasteiger partial charge in [-0.2, -0.15) is 0 Å². The maximum atomic E-state index is 11.2. The summed E-state index contributed by atoms with van der Waals surface area (Å²) in [7, 11) is 0. The number of para-hydroxylation sites is 1. The average molecular weight is 285 g/mol. The van der Waals surface area contributed by atoms with Crippen LogP contribution in [0.15, 0.2) is 60.7 Å². The topological polar surface area (TPSA) is 58.6 Å². The molecule has 2 aromatic rings. The second kappa shape index (κ2) is 8.07. The molecule has 4 heteroatoms. The van der Waals surface area contributed by atoms with Gasteiger partial charge in [0, 0.05) is 13.0 Å². The van der Waals surface area contributed by atoms with Crippen LogP contribution in [0.4, 0.5) is 0 Å². The Balaban J connectivity index is 1.78. The summed E-state index contributed by atoms with van der Waals surface area (Å²) >= 11 is 0. The number of hydrogen-bond donors (Lipinski definition) is 2. The highest BCUT2D eigenvalue weighted by molar-refractivity contribution is 5.73. The number of carbonyl (C=O) groups is 1. The van der Waals surface area contributed by atoms with E-state index in [4.69, 9.17) is 4.74 Å². The molecule has 0 aliphatic heterocycles. The van der Waals surface area contributed by atoms with Gasteiger partial charge in [-0.15, -0.1) is 0 Å². The van der Waals surface area contributed by atoms with E-state index in [-0.39, 0.29) is 0 Å². The zero-order chi connectivity index (χ0) is 14.9. The highest BCUT2D eigenvalue weighted by atomic mass is 16.5. The van der Waals surface area contributed by atoms with Crippen molar-refractivity contribution in [3.05, 3.63) is 66.2 Å². The molecule has 0 aliphatic carbocycles. The lowest BCUT2D eigenvalue weighted by Gasteiger charge is -2.15. The molecule has 0 heterocycles. The summed E-state index contributed by atoms with van der Waals surface area (Å²) in [6.45, 7) is 0.895. The third kappa shape index (κ3) is 5.28. The number of ether oxygens (including phenoxy) is 1. The highest BCUT2D eigenvalue weighted by Crippen LogP contribution is 2.09. The van der Waals surface area contributed by atoms with E-state index in [1.54, 1.807) is 0 Å². The van der Waals surface area contributed by atoms with Crippen LogP contribution in [0.25, 0.3) is 0 Å². The SMILES string of the molecule is O=C(O)C(CCOc1ccccc1)NCc1ccccc1. The van der Waals surface area contributed by atoms with Crippen molar-refractivity contribution < 1.29 is 14.6 Å². The molecule has 0 radical (unpaired) electrons. The molecule has 0 saturated heterocycles. The van der Waals surface area contributed by atoms with Crippen LogP contribution >= 0.6 is 0 Å². The van der Waals surface area contributed by atoms with Gasteiger partial charge in [-0.3, -0.25) is 4.79 Å². The predicted molar refractivity (Wildman–Crippen MR) is 81.3 cm³/mol. The molecule has 4 nitrogen and oxygen atoms in total. The molecule has 0 aliphatic rings. The van der Waals surface area contributed by atoms with Crippen LogP contribution in [-0.2, 0) is 11.3 Å². The molecular weight excluding hydrogens is 266 g/mol. The average Bonchev–Trinajstić information content (AvgIpc) is 2.52. The molecule has 0 amide bonds. The zero-order valence-corrected chi connectivity index (χ0v) is 11.7. The Bertz CT molecular complexity index is 542. The molecule has 0 spiro atoms. The van der Waals surface area contributed by atoms with E-state index in [2.05, 4.69) is 5.32 Å². The fourth-order valence-electron chi connectivity index (χ4n) is 1.96.